The maximum Gasteiger partial charge on any atom is 0.367 e. The number of hydrogen-bond acceptors (Lipinski definition) is 5. The van der Waals surface area contributed by atoms with Crippen molar-refractivity contribution in [1.29, 1.82) is 0 Å². The van der Waals surface area contributed by atoms with Gasteiger partial charge in [-0.05, 0) is 19.1 Å². The summed E-state index contributed by atoms with van der Waals surface area (Å²) >= 11 is 3.27. The van der Waals surface area contributed by atoms with Crippen LogP contribution in [-0.4, -0.2) is 40.3 Å². The molecule has 2 amide bonds. The fraction of sp³-hybridized carbons (Fsp3) is 0.462. The van der Waals surface area contributed by atoms with Crippen LogP contribution in [0.4, 0.5) is 9.59 Å². The molecule has 7 nitrogen and oxygen atoms in total. The van der Waals surface area contributed by atoms with E-state index in [1.165, 1.54) is 22.6 Å². The van der Waals surface area contributed by atoms with Crippen LogP contribution in [0.5, 0.6) is 0 Å². The van der Waals surface area contributed by atoms with Crippen molar-refractivity contribution in [2.75, 3.05) is 19.8 Å². The lowest BCUT2D eigenvalue weighted by molar-refractivity contribution is 0.115. The van der Waals surface area contributed by atoms with E-state index >= 15 is 0 Å². The van der Waals surface area contributed by atoms with Crippen molar-refractivity contribution in [2.24, 2.45) is 0 Å². The molecule has 9 heteroatoms. The number of nitrogens with one attached hydrogen (secondary N) is 2. The van der Waals surface area contributed by atoms with Gasteiger partial charge in [0.1, 0.15) is 29.6 Å². The minimum Gasteiger partial charge on any atom is -0.456 e. The Hall–Kier alpha value is -0.690. The molecular weight excluding hydrogens is 516 g/mol. The maximum atomic E-state index is 11.9. The van der Waals surface area contributed by atoms with E-state index in [-0.39, 0.29) is 19.2 Å². The summed E-state index contributed by atoms with van der Waals surface area (Å²) in [5, 5.41) is 5.50. The smallest absolute Gasteiger partial charge is 0.367 e. The Morgan fingerprint density at radius 2 is 2.14 bits per heavy atom. The van der Waals surface area contributed by atoms with E-state index in [0.717, 1.165) is 5.69 Å². The third-order valence-corrected chi connectivity index (χ3v) is 3.31. The number of carbonyl (C=O) groups is 2. The highest BCUT2D eigenvalue weighted by molar-refractivity contribution is 14.1. The van der Waals surface area contributed by atoms with Gasteiger partial charge in [0, 0.05) is 24.9 Å². The summed E-state index contributed by atoms with van der Waals surface area (Å²) in [4.78, 5) is 27.0. The van der Waals surface area contributed by atoms with Crippen molar-refractivity contribution in [3.05, 3.63) is 30.1 Å². The first-order chi connectivity index (χ1) is 10.4. The molecule has 2 N–H and O–H groups in total. The number of halogens is 2. The molecule has 1 rings (SSSR count). The minimum atomic E-state index is -0.795. The van der Waals surface area contributed by atoms with Gasteiger partial charge in [-0.25, -0.2) is 9.59 Å². The predicted molar refractivity (Wildman–Crippen MR) is 98.2 cm³/mol. The normalized spacial score (nSPS) is 13.0. The molecule has 1 atom stereocenters. The van der Waals surface area contributed by atoms with Crippen LogP contribution in [0.2, 0.25) is 0 Å². The average molecular weight is 533 g/mol. The third-order valence-electron chi connectivity index (χ3n) is 2.69. The van der Waals surface area contributed by atoms with E-state index in [9.17, 15) is 9.59 Å². The van der Waals surface area contributed by atoms with Crippen LogP contribution in [0.15, 0.2) is 24.4 Å². The highest BCUT2D eigenvalue weighted by Crippen LogP contribution is 2.09. The fourth-order valence-electron chi connectivity index (χ4n) is 1.62. The van der Waals surface area contributed by atoms with Crippen LogP contribution < -0.4 is 10.6 Å². The molecule has 0 spiro atoms. The summed E-state index contributed by atoms with van der Waals surface area (Å²) in [5.41, 5.74) is 0.108. The van der Waals surface area contributed by atoms with Gasteiger partial charge in [0.2, 0.25) is 0 Å². The molecule has 1 aromatic heterocycles. The van der Waals surface area contributed by atoms with Gasteiger partial charge in [0.15, 0.2) is 0 Å². The van der Waals surface area contributed by atoms with Crippen molar-refractivity contribution in [2.45, 2.75) is 18.9 Å². The van der Waals surface area contributed by atoms with Crippen LogP contribution >= 0.6 is 45.6 Å². The molecule has 0 saturated carbocycles. The average Bonchev–Trinajstić information content (AvgIpc) is 2.46. The van der Waals surface area contributed by atoms with E-state index in [1.54, 1.807) is 36.1 Å². The van der Waals surface area contributed by atoms with Crippen molar-refractivity contribution < 1.29 is 17.4 Å². The number of aromatic nitrogens is 1. The molecule has 0 bridgehead atoms. The Bertz CT molecular complexity index is 489. The Labute approximate surface area is 156 Å². The number of pyridine rings is 1. The number of hydrogen-bond donors (Lipinski definition) is 2. The molecule has 1 aromatic rings. The Balaban J connectivity index is 2.40. The lowest BCUT2D eigenvalue weighted by Gasteiger charge is -2.28. The summed E-state index contributed by atoms with van der Waals surface area (Å²) in [5.74, 6) is 0. The monoisotopic (exact) mass is 533 g/mol. The highest BCUT2D eigenvalue weighted by Gasteiger charge is 2.28. The van der Waals surface area contributed by atoms with E-state index in [2.05, 4.69) is 15.6 Å². The predicted octanol–water partition coefficient (Wildman–Crippen LogP) is 2.62. The minimum absolute atomic E-state index is 0.0332. The largest absolute Gasteiger partial charge is 0.456 e. The second-order valence-corrected chi connectivity index (χ2v) is 6.30. The molecule has 0 aliphatic heterocycles. The number of amides is 2. The summed E-state index contributed by atoms with van der Waals surface area (Å²) in [6, 6.07) is 5.28. The van der Waals surface area contributed by atoms with Gasteiger partial charge in [-0.2, -0.15) is 0 Å². The molecule has 0 radical (unpaired) electrons. The quantitative estimate of drug-likeness (QED) is 0.397. The SMILES string of the molecule is CC(COI)(COC(=O)I)NC(=O)NCCc1ccccn1. The van der Waals surface area contributed by atoms with Crippen molar-refractivity contribution in [3.63, 3.8) is 0 Å². The van der Waals surface area contributed by atoms with Gasteiger partial charge in [-0.3, -0.25) is 4.98 Å². The molecule has 122 valence electrons. The van der Waals surface area contributed by atoms with Crippen molar-refractivity contribution in [3.8, 4) is 0 Å². The molecule has 0 fully saturated rings. The summed E-state index contributed by atoms with van der Waals surface area (Å²) in [7, 11) is 0. The number of rotatable bonds is 8. The molecule has 1 heterocycles. The van der Waals surface area contributed by atoms with Gasteiger partial charge >= 0.3 is 10.0 Å². The van der Waals surface area contributed by atoms with Crippen LogP contribution in [0, 0.1) is 0 Å². The molecular formula is C13H17I2N3O4. The van der Waals surface area contributed by atoms with Gasteiger partial charge in [0.25, 0.3) is 0 Å². The van der Waals surface area contributed by atoms with Crippen molar-refractivity contribution >= 4 is 55.6 Å². The van der Waals surface area contributed by atoms with E-state index in [0.29, 0.717) is 13.0 Å². The molecule has 0 aliphatic carbocycles. The fourth-order valence-corrected chi connectivity index (χ4v) is 2.46. The van der Waals surface area contributed by atoms with Crippen LogP contribution in [0.25, 0.3) is 0 Å². The first-order valence-corrected chi connectivity index (χ1v) is 8.43. The zero-order chi connectivity index (χ0) is 16.4. The first kappa shape index (κ1) is 19.4. The summed E-state index contributed by atoms with van der Waals surface area (Å²) in [6.07, 6.45) is 2.35. The van der Waals surface area contributed by atoms with Crippen LogP contribution in [0.1, 0.15) is 12.6 Å². The van der Waals surface area contributed by atoms with Crippen LogP contribution in [-0.2, 0) is 14.2 Å². The lowest BCUT2D eigenvalue weighted by atomic mass is 10.1. The maximum absolute atomic E-state index is 11.9. The molecule has 0 aromatic carbocycles. The number of ether oxygens (including phenoxy) is 1. The number of carbonyl (C=O) groups excluding carboxylic acids is 2. The Kier molecular flexibility index (Phi) is 8.93. The molecule has 22 heavy (non-hydrogen) atoms. The Morgan fingerprint density at radius 1 is 1.36 bits per heavy atom. The van der Waals surface area contributed by atoms with E-state index < -0.39 is 9.51 Å². The lowest BCUT2D eigenvalue weighted by Crippen LogP contribution is -2.55. The van der Waals surface area contributed by atoms with E-state index in [1.807, 2.05) is 18.2 Å². The highest BCUT2D eigenvalue weighted by atomic mass is 127. The van der Waals surface area contributed by atoms with E-state index in [4.69, 9.17) is 7.80 Å². The zero-order valence-electron chi connectivity index (χ0n) is 12.0. The summed E-state index contributed by atoms with van der Waals surface area (Å²) < 4.78 is 9.55. The zero-order valence-corrected chi connectivity index (χ0v) is 16.3. The number of urea groups is 1. The van der Waals surface area contributed by atoms with Gasteiger partial charge in [-0.1, -0.05) is 6.07 Å². The molecule has 1 unspecified atom stereocenters. The standard InChI is InChI=1S/C13H17I2N3O4/c1-13(9-22-15,8-21-11(14)19)18-12(20)17-7-5-10-4-2-3-6-16-10/h2-4,6H,5,7-9H2,1H3,(H2,17,18,20). The second kappa shape index (κ2) is 10.2. The molecule has 0 saturated heterocycles. The van der Waals surface area contributed by atoms with Crippen molar-refractivity contribution in [1.82, 2.24) is 15.6 Å². The molecule has 0 aliphatic rings. The van der Waals surface area contributed by atoms with Gasteiger partial charge < -0.3 is 18.4 Å². The van der Waals surface area contributed by atoms with Gasteiger partial charge in [-0.15, -0.1) is 0 Å². The third kappa shape index (κ3) is 8.08. The van der Waals surface area contributed by atoms with Gasteiger partial charge in [0.05, 0.1) is 34.7 Å². The van der Waals surface area contributed by atoms with Crippen LogP contribution in [0.3, 0.4) is 0 Å². The first-order valence-electron chi connectivity index (χ1n) is 6.47. The second-order valence-electron chi connectivity index (χ2n) is 4.79. The topological polar surface area (TPSA) is 89.5 Å². The Morgan fingerprint density at radius 3 is 2.73 bits per heavy atom. The number of nitrogens with zero attached hydrogens (tertiary/aromatic N) is 1. The summed E-state index contributed by atoms with van der Waals surface area (Å²) in [6.45, 7) is 2.44.